The lowest BCUT2D eigenvalue weighted by atomic mass is 10.0. The Morgan fingerprint density at radius 2 is 1.87 bits per heavy atom. The van der Waals surface area contributed by atoms with E-state index in [2.05, 4.69) is 15.7 Å². The number of benzene rings is 2. The van der Waals surface area contributed by atoms with E-state index in [0.717, 1.165) is 11.1 Å². The van der Waals surface area contributed by atoms with Gasteiger partial charge in [0.2, 0.25) is 5.91 Å². The second kappa shape index (κ2) is 11.0. The Morgan fingerprint density at radius 1 is 1.10 bits per heavy atom. The number of hydrogen-bond acceptors (Lipinski definition) is 3. The fourth-order valence-electron chi connectivity index (χ4n) is 3.28. The summed E-state index contributed by atoms with van der Waals surface area (Å²) in [6, 6.07) is 14.6. The van der Waals surface area contributed by atoms with E-state index < -0.39 is 0 Å². The van der Waals surface area contributed by atoms with Crippen LogP contribution in [0, 0.1) is 0 Å². The second-order valence-electron chi connectivity index (χ2n) is 7.23. The van der Waals surface area contributed by atoms with Gasteiger partial charge >= 0.3 is 0 Å². The molecule has 0 spiro atoms. The minimum Gasteiger partial charge on any atom is -0.352 e. The van der Waals surface area contributed by atoms with Crippen LogP contribution in [-0.2, 0) is 18.3 Å². The smallest absolute Gasteiger partial charge is 0.252 e. The van der Waals surface area contributed by atoms with Crippen molar-refractivity contribution in [3.63, 3.8) is 0 Å². The predicted molar refractivity (Wildman–Crippen MR) is 122 cm³/mol. The Morgan fingerprint density at radius 3 is 2.58 bits per heavy atom. The SMILES string of the molecule is Cn1cc(CC(=O)NC(CCCNC(=O)c2cccc(Cl)c2Cl)c2ccccc2)cn1. The molecule has 0 saturated carbocycles. The molecule has 0 radical (unpaired) electrons. The van der Waals surface area contributed by atoms with E-state index in [4.69, 9.17) is 23.2 Å². The molecular weight excluding hydrogens is 435 g/mol. The van der Waals surface area contributed by atoms with Crippen molar-refractivity contribution in [2.24, 2.45) is 7.05 Å². The molecule has 6 nitrogen and oxygen atoms in total. The lowest BCUT2D eigenvalue weighted by molar-refractivity contribution is -0.121. The third-order valence-corrected chi connectivity index (χ3v) is 5.63. The van der Waals surface area contributed by atoms with Gasteiger partial charge in [-0.2, -0.15) is 5.10 Å². The van der Waals surface area contributed by atoms with Crippen LogP contribution in [0.3, 0.4) is 0 Å². The van der Waals surface area contributed by atoms with Crippen LogP contribution in [0.25, 0.3) is 0 Å². The average Bonchev–Trinajstić information content (AvgIpc) is 3.17. The molecule has 0 aliphatic rings. The van der Waals surface area contributed by atoms with Crippen LogP contribution in [0.15, 0.2) is 60.9 Å². The van der Waals surface area contributed by atoms with E-state index in [1.807, 2.05) is 43.6 Å². The standard InChI is InChI=1S/C23H24Cl2N4O2/c1-29-15-16(14-27-29)13-21(30)28-20(17-7-3-2-4-8-17)11-6-12-26-23(31)18-9-5-10-19(24)22(18)25/h2-5,7-10,14-15,20H,6,11-13H2,1H3,(H,26,31)(H,28,30). The lowest BCUT2D eigenvalue weighted by Gasteiger charge is -2.19. The monoisotopic (exact) mass is 458 g/mol. The zero-order chi connectivity index (χ0) is 22.2. The molecule has 0 aliphatic heterocycles. The largest absolute Gasteiger partial charge is 0.352 e. The summed E-state index contributed by atoms with van der Waals surface area (Å²) in [6.45, 7) is 0.448. The minimum atomic E-state index is -0.274. The first-order valence-electron chi connectivity index (χ1n) is 9.98. The highest BCUT2D eigenvalue weighted by Gasteiger charge is 2.16. The van der Waals surface area contributed by atoms with E-state index in [9.17, 15) is 9.59 Å². The number of nitrogens with zero attached hydrogens (tertiary/aromatic N) is 2. The molecule has 8 heteroatoms. The summed E-state index contributed by atoms with van der Waals surface area (Å²) >= 11 is 12.1. The molecule has 3 aromatic rings. The molecule has 2 aromatic carbocycles. The summed E-state index contributed by atoms with van der Waals surface area (Å²) in [7, 11) is 1.82. The number of amides is 2. The fraction of sp³-hybridized carbons (Fsp3) is 0.261. The third-order valence-electron chi connectivity index (χ3n) is 4.81. The van der Waals surface area contributed by atoms with Crippen molar-refractivity contribution in [2.45, 2.75) is 25.3 Å². The molecule has 1 aromatic heterocycles. The predicted octanol–water partition coefficient (Wildman–Crippen LogP) is 4.34. The number of rotatable bonds is 9. The quantitative estimate of drug-likeness (QED) is 0.468. The number of aromatic nitrogens is 2. The normalized spacial score (nSPS) is 11.7. The molecule has 31 heavy (non-hydrogen) atoms. The van der Waals surface area contributed by atoms with Gasteiger partial charge in [-0.15, -0.1) is 0 Å². The number of carbonyl (C=O) groups is 2. The van der Waals surface area contributed by atoms with Crippen LogP contribution in [-0.4, -0.2) is 28.1 Å². The van der Waals surface area contributed by atoms with Crippen molar-refractivity contribution in [3.8, 4) is 0 Å². The van der Waals surface area contributed by atoms with Gasteiger partial charge < -0.3 is 10.6 Å². The third kappa shape index (κ3) is 6.57. The van der Waals surface area contributed by atoms with Gasteiger partial charge in [0.25, 0.3) is 5.91 Å². The highest BCUT2D eigenvalue weighted by molar-refractivity contribution is 6.43. The first kappa shape index (κ1) is 22.8. The van der Waals surface area contributed by atoms with Crippen LogP contribution in [0.4, 0.5) is 0 Å². The molecular formula is C23H24Cl2N4O2. The second-order valence-corrected chi connectivity index (χ2v) is 8.01. The lowest BCUT2D eigenvalue weighted by Crippen LogP contribution is -2.31. The van der Waals surface area contributed by atoms with Gasteiger partial charge in [0.15, 0.2) is 0 Å². The van der Waals surface area contributed by atoms with Crippen LogP contribution < -0.4 is 10.6 Å². The number of nitrogens with one attached hydrogen (secondary N) is 2. The van der Waals surface area contributed by atoms with Crippen molar-refractivity contribution < 1.29 is 9.59 Å². The van der Waals surface area contributed by atoms with Crippen LogP contribution >= 0.6 is 23.2 Å². The highest BCUT2D eigenvalue weighted by atomic mass is 35.5. The Balaban J connectivity index is 1.56. The highest BCUT2D eigenvalue weighted by Crippen LogP contribution is 2.25. The van der Waals surface area contributed by atoms with E-state index in [1.54, 1.807) is 29.1 Å². The maximum absolute atomic E-state index is 12.6. The number of hydrogen-bond donors (Lipinski definition) is 2. The zero-order valence-electron chi connectivity index (χ0n) is 17.1. The maximum Gasteiger partial charge on any atom is 0.252 e. The molecule has 0 fully saturated rings. The number of halogens is 2. The van der Waals surface area contributed by atoms with Gasteiger partial charge in [-0.05, 0) is 36.1 Å². The molecule has 2 amide bonds. The van der Waals surface area contributed by atoms with Gasteiger partial charge in [0.05, 0.1) is 34.3 Å². The van der Waals surface area contributed by atoms with Crippen LogP contribution in [0.2, 0.25) is 10.0 Å². The topological polar surface area (TPSA) is 76.0 Å². The summed E-state index contributed by atoms with van der Waals surface area (Å²) in [6.07, 6.45) is 5.13. The summed E-state index contributed by atoms with van der Waals surface area (Å²) in [5, 5.41) is 10.6. The summed E-state index contributed by atoms with van der Waals surface area (Å²) in [4.78, 5) is 24.9. The fourth-order valence-corrected chi connectivity index (χ4v) is 3.67. The van der Waals surface area contributed by atoms with Crippen molar-refractivity contribution in [2.75, 3.05) is 6.54 Å². The summed E-state index contributed by atoms with van der Waals surface area (Å²) in [5.41, 5.74) is 2.22. The molecule has 0 saturated heterocycles. The summed E-state index contributed by atoms with van der Waals surface area (Å²) < 4.78 is 1.67. The Kier molecular flexibility index (Phi) is 8.09. The van der Waals surface area contributed by atoms with Gasteiger partial charge in [0, 0.05) is 19.8 Å². The van der Waals surface area contributed by atoms with E-state index in [-0.39, 0.29) is 29.3 Å². The van der Waals surface area contributed by atoms with Gasteiger partial charge in [-0.3, -0.25) is 14.3 Å². The Bertz CT molecular complexity index is 1040. The number of aryl methyl sites for hydroxylation is 1. The molecule has 1 heterocycles. The Hall–Kier alpha value is -2.83. The molecule has 1 atom stereocenters. The van der Waals surface area contributed by atoms with E-state index in [0.29, 0.717) is 30.0 Å². The zero-order valence-corrected chi connectivity index (χ0v) is 18.7. The van der Waals surface area contributed by atoms with Crippen molar-refractivity contribution in [3.05, 3.63) is 87.7 Å². The van der Waals surface area contributed by atoms with Crippen molar-refractivity contribution in [1.29, 1.82) is 0 Å². The molecule has 1 unspecified atom stereocenters. The van der Waals surface area contributed by atoms with Crippen molar-refractivity contribution in [1.82, 2.24) is 20.4 Å². The molecule has 0 aliphatic carbocycles. The van der Waals surface area contributed by atoms with Gasteiger partial charge in [-0.1, -0.05) is 59.6 Å². The summed E-state index contributed by atoms with van der Waals surface area (Å²) in [5.74, 6) is -0.346. The van der Waals surface area contributed by atoms with Crippen LogP contribution in [0.5, 0.6) is 0 Å². The van der Waals surface area contributed by atoms with Crippen LogP contribution in [0.1, 0.15) is 40.4 Å². The molecule has 162 valence electrons. The maximum atomic E-state index is 12.6. The molecule has 0 bridgehead atoms. The average molecular weight is 459 g/mol. The van der Waals surface area contributed by atoms with Gasteiger partial charge in [-0.25, -0.2) is 0 Å². The minimum absolute atomic E-state index is 0.0726. The van der Waals surface area contributed by atoms with E-state index >= 15 is 0 Å². The van der Waals surface area contributed by atoms with Gasteiger partial charge in [0.1, 0.15) is 0 Å². The first-order chi connectivity index (χ1) is 14.9. The number of carbonyl (C=O) groups excluding carboxylic acids is 2. The first-order valence-corrected chi connectivity index (χ1v) is 10.7. The molecule has 2 N–H and O–H groups in total. The molecule has 3 rings (SSSR count). The Labute approximate surface area is 191 Å². The van der Waals surface area contributed by atoms with E-state index in [1.165, 1.54) is 0 Å². The van der Waals surface area contributed by atoms with Crippen molar-refractivity contribution >= 4 is 35.0 Å².